The van der Waals surface area contributed by atoms with Crippen molar-refractivity contribution in [3.8, 4) is 5.75 Å². The lowest BCUT2D eigenvalue weighted by atomic mass is 10.2. The molecule has 0 fully saturated rings. The van der Waals surface area contributed by atoms with Crippen LogP contribution in [-0.4, -0.2) is 44.7 Å². The summed E-state index contributed by atoms with van der Waals surface area (Å²) in [5.74, 6) is 1.61. The average Bonchev–Trinajstić information content (AvgIpc) is 3.06. The second-order valence-electron chi connectivity index (χ2n) is 5.29. The summed E-state index contributed by atoms with van der Waals surface area (Å²) in [6, 6.07) is 13.0. The second kappa shape index (κ2) is 8.85. The maximum Gasteiger partial charge on any atom is 0.314 e. The average molecular weight is 317 g/mol. The summed E-state index contributed by atoms with van der Waals surface area (Å²) < 4.78 is 10.9. The molecule has 0 saturated heterocycles. The van der Waals surface area contributed by atoms with Gasteiger partial charge in [0.1, 0.15) is 18.1 Å². The van der Waals surface area contributed by atoms with E-state index in [1.165, 1.54) is 0 Å². The maximum atomic E-state index is 11.8. The Hall–Kier alpha value is -2.47. The number of urea groups is 1. The number of likely N-dealkylation sites (N-methyl/N-ethyl adjacent to an activating group) is 1. The molecule has 1 unspecified atom stereocenters. The Morgan fingerprint density at radius 3 is 2.61 bits per heavy atom. The van der Waals surface area contributed by atoms with Crippen molar-refractivity contribution >= 4 is 6.03 Å². The number of para-hydroxylation sites is 1. The van der Waals surface area contributed by atoms with Crippen molar-refractivity contribution in [1.29, 1.82) is 0 Å². The Kier molecular flexibility index (Phi) is 6.50. The van der Waals surface area contributed by atoms with E-state index in [0.717, 1.165) is 11.5 Å². The summed E-state index contributed by atoms with van der Waals surface area (Å²) in [4.78, 5) is 13.8. The third-order valence-corrected chi connectivity index (χ3v) is 3.35. The molecule has 1 aromatic heterocycles. The van der Waals surface area contributed by atoms with Crippen molar-refractivity contribution in [2.45, 2.75) is 6.04 Å². The van der Waals surface area contributed by atoms with Gasteiger partial charge in [-0.05, 0) is 38.4 Å². The molecular formula is C17H23N3O3. The first-order chi connectivity index (χ1) is 11.2. The number of rotatable bonds is 8. The zero-order valence-corrected chi connectivity index (χ0v) is 13.5. The highest BCUT2D eigenvalue weighted by atomic mass is 16.5. The van der Waals surface area contributed by atoms with Crippen LogP contribution < -0.4 is 15.4 Å². The van der Waals surface area contributed by atoms with Gasteiger partial charge in [0.2, 0.25) is 0 Å². The number of carbonyl (C=O) groups is 1. The molecule has 1 aromatic carbocycles. The number of nitrogens with zero attached hydrogens (tertiary/aromatic N) is 1. The lowest BCUT2D eigenvalue weighted by molar-refractivity contribution is 0.222. The van der Waals surface area contributed by atoms with E-state index in [1.807, 2.05) is 61.5 Å². The minimum Gasteiger partial charge on any atom is -0.492 e. The minimum atomic E-state index is -0.222. The molecule has 6 heteroatoms. The van der Waals surface area contributed by atoms with E-state index in [4.69, 9.17) is 9.15 Å². The molecule has 23 heavy (non-hydrogen) atoms. The smallest absolute Gasteiger partial charge is 0.314 e. The van der Waals surface area contributed by atoms with E-state index in [-0.39, 0.29) is 12.1 Å². The van der Waals surface area contributed by atoms with Gasteiger partial charge in [-0.15, -0.1) is 0 Å². The van der Waals surface area contributed by atoms with Crippen molar-refractivity contribution in [3.63, 3.8) is 0 Å². The summed E-state index contributed by atoms with van der Waals surface area (Å²) in [6.45, 7) is 1.33. The summed E-state index contributed by atoms with van der Waals surface area (Å²) in [7, 11) is 3.89. The Labute approximate surface area is 136 Å². The number of nitrogens with one attached hydrogen (secondary N) is 2. The summed E-state index contributed by atoms with van der Waals surface area (Å²) in [6.07, 6.45) is 1.63. The molecule has 124 valence electrons. The van der Waals surface area contributed by atoms with Gasteiger partial charge in [-0.1, -0.05) is 18.2 Å². The largest absolute Gasteiger partial charge is 0.492 e. The third kappa shape index (κ3) is 5.67. The normalized spacial score (nSPS) is 12.0. The van der Waals surface area contributed by atoms with Gasteiger partial charge in [-0.2, -0.15) is 0 Å². The minimum absolute atomic E-state index is 0.00341. The molecular weight excluding hydrogens is 294 g/mol. The highest BCUT2D eigenvalue weighted by molar-refractivity contribution is 5.73. The van der Waals surface area contributed by atoms with Gasteiger partial charge in [0, 0.05) is 6.54 Å². The molecule has 0 aliphatic carbocycles. The van der Waals surface area contributed by atoms with Crippen LogP contribution in [-0.2, 0) is 0 Å². The van der Waals surface area contributed by atoms with Gasteiger partial charge in [0.15, 0.2) is 0 Å². The van der Waals surface area contributed by atoms with Gasteiger partial charge < -0.3 is 19.8 Å². The summed E-state index contributed by atoms with van der Waals surface area (Å²) in [5.41, 5.74) is 0. The van der Waals surface area contributed by atoms with Gasteiger partial charge in [-0.3, -0.25) is 4.90 Å². The Bertz CT molecular complexity index is 570. The fourth-order valence-electron chi connectivity index (χ4n) is 2.12. The monoisotopic (exact) mass is 317 g/mol. The zero-order valence-electron chi connectivity index (χ0n) is 13.5. The quantitative estimate of drug-likeness (QED) is 0.733. The molecule has 2 amide bonds. The maximum absolute atomic E-state index is 11.8. The van der Waals surface area contributed by atoms with E-state index in [1.54, 1.807) is 6.26 Å². The molecule has 0 aliphatic rings. The molecule has 0 spiro atoms. The van der Waals surface area contributed by atoms with E-state index < -0.39 is 0 Å². The van der Waals surface area contributed by atoms with Gasteiger partial charge >= 0.3 is 6.03 Å². The number of hydrogen-bond acceptors (Lipinski definition) is 4. The molecule has 2 rings (SSSR count). The SMILES string of the molecule is CN(C)C(CNC(=O)NCCOc1ccccc1)c1ccco1. The van der Waals surface area contributed by atoms with Gasteiger partial charge in [0.25, 0.3) is 0 Å². The molecule has 2 aromatic rings. The van der Waals surface area contributed by atoms with E-state index >= 15 is 0 Å². The molecule has 1 heterocycles. The van der Waals surface area contributed by atoms with Gasteiger partial charge in [-0.25, -0.2) is 4.79 Å². The Morgan fingerprint density at radius 2 is 1.96 bits per heavy atom. The predicted octanol–water partition coefficient (Wildman–Crippen LogP) is 2.26. The zero-order chi connectivity index (χ0) is 16.5. The first-order valence-corrected chi connectivity index (χ1v) is 7.56. The van der Waals surface area contributed by atoms with Crippen LogP contribution in [0.15, 0.2) is 53.1 Å². The Balaban J connectivity index is 1.66. The van der Waals surface area contributed by atoms with Crippen LogP contribution in [0.3, 0.4) is 0 Å². The van der Waals surface area contributed by atoms with E-state index in [2.05, 4.69) is 10.6 Å². The number of benzene rings is 1. The molecule has 0 aliphatic heterocycles. The van der Waals surface area contributed by atoms with Crippen LogP contribution in [0, 0.1) is 0 Å². The highest BCUT2D eigenvalue weighted by Crippen LogP contribution is 2.17. The molecule has 0 radical (unpaired) electrons. The van der Waals surface area contributed by atoms with Crippen LogP contribution in [0.25, 0.3) is 0 Å². The van der Waals surface area contributed by atoms with Crippen molar-refractivity contribution < 1.29 is 13.9 Å². The lowest BCUT2D eigenvalue weighted by Gasteiger charge is -2.22. The predicted molar refractivity (Wildman–Crippen MR) is 88.5 cm³/mol. The number of furan rings is 1. The standard InChI is InChI=1S/C17H23N3O3/c1-20(2)15(16-9-6-11-23-16)13-19-17(21)18-10-12-22-14-7-4-3-5-8-14/h3-9,11,15H,10,12-13H2,1-2H3,(H2,18,19,21). The molecule has 2 N–H and O–H groups in total. The van der Waals surface area contributed by atoms with Crippen LogP contribution in [0.5, 0.6) is 5.75 Å². The number of carbonyl (C=O) groups excluding carboxylic acids is 1. The number of amides is 2. The van der Waals surface area contributed by atoms with E-state index in [9.17, 15) is 4.79 Å². The molecule has 1 atom stereocenters. The molecule has 0 saturated carbocycles. The Morgan fingerprint density at radius 1 is 1.17 bits per heavy atom. The summed E-state index contributed by atoms with van der Waals surface area (Å²) >= 11 is 0. The first kappa shape index (κ1) is 16.9. The number of ether oxygens (including phenoxy) is 1. The fraction of sp³-hybridized carbons (Fsp3) is 0.353. The first-order valence-electron chi connectivity index (χ1n) is 7.56. The third-order valence-electron chi connectivity index (χ3n) is 3.35. The van der Waals surface area contributed by atoms with Crippen LogP contribution in [0.2, 0.25) is 0 Å². The number of hydrogen-bond donors (Lipinski definition) is 2. The molecule has 6 nitrogen and oxygen atoms in total. The summed E-state index contributed by atoms with van der Waals surface area (Å²) in [5, 5.41) is 5.61. The van der Waals surface area contributed by atoms with Crippen LogP contribution in [0.1, 0.15) is 11.8 Å². The highest BCUT2D eigenvalue weighted by Gasteiger charge is 2.17. The topological polar surface area (TPSA) is 66.7 Å². The fourth-order valence-corrected chi connectivity index (χ4v) is 2.12. The van der Waals surface area contributed by atoms with Gasteiger partial charge in [0.05, 0.1) is 18.8 Å². The van der Waals surface area contributed by atoms with Crippen molar-refractivity contribution in [1.82, 2.24) is 15.5 Å². The van der Waals surface area contributed by atoms with E-state index in [0.29, 0.717) is 19.7 Å². The molecule has 0 bridgehead atoms. The van der Waals surface area contributed by atoms with Crippen molar-refractivity contribution in [2.24, 2.45) is 0 Å². The van der Waals surface area contributed by atoms with Crippen molar-refractivity contribution in [2.75, 3.05) is 33.8 Å². The lowest BCUT2D eigenvalue weighted by Crippen LogP contribution is -2.41. The van der Waals surface area contributed by atoms with Crippen LogP contribution in [0.4, 0.5) is 4.79 Å². The van der Waals surface area contributed by atoms with Crippen molar-refractivity contribution in [3.05, 3.63) is 54.5 Å². The van der Waals surface area contributed by atoms with Crippen LogP contribution >= 0.6 is 0 Å². The second-order valence-corrected chi connectivity index (χ2v) is 5.29.